The molecule has 0 aromatic heterocycles. The van der Waals surface area contributed by atoms with Gasteiger partial charge in [-0.2, -0.15) is 0 Å². The van der Waals surface area contributed by atoms with Crippen molar-refractivity contribution in [3.8, 4) is 0 Å². The molecule has 16 heavy (non-hydrogen) atoms. The van der Waals surface area contributed by atoms with Crippen LogP contribution in [0.3, 0.4) is 0 Å². The lowest BCUT2D eigenvalue weighted by Crippen LogP contribution is -2.47. The molecule has 96 valence electrons. The molecule has 0 amide bonds. The van der Waals surface area contributed by atoms with Gasteiger partial charge in [0.2, 0.25) is 0 Å². The Labute approximate surface area is 99.9 Å². The SMILES string of the molecule is COCCC1(CNC(C)(C)C)CCOC1C. The predicted octanol–water partition coefficient (Wildman–Crippen LogP) is 2.21. The maximum Gasteiger partial charge on any atom is 0.0617 e. The Morgan fingerprint density at radius 3 is 2.56 bits per heavy atom. The van der Waals surface area contributed by atoms with Crippen LogP contribution in [0.5, 0.6) is 0 Å². The first kappa shape index (κ1) is 13.9. The molecule has 1 rings (SSSR count). The Hall–Kier alpha value is -0.120. The average Bonchev–Trinajstić information content (AvgIpc) is 2.54. The van der Waals surface area contributed by atoms with Crippen LogP contribution in [-0.2, 0) is 9.47 Å². The normalized spacial score (nSPS) is 30.9. The van der Waals surface area contributed by atoms with Gasteiger partial charge in [0.15, 0.2) is 0 Å². The average molecular weight is 229 g/mol. The van der Waals surface area contributed by atoms with Gasteiger partial charge < -0.3 is 14.8 Å². The number of methoxy groups -OCH3 is 1. The quantitative estimate of drug-likeness (QED) is 0.784. The Morgan fingerprint density at radius 1 is 1.44 bits per heavy atom. The highest BCUT2D eigenvalue weighted by molar-refractivity contribution is 4.92. The van der Waals surface area contributed by atoms with Crippen molar-refractivity contribution in [3.63, 3.8) is 0 Å². The van der Waals surface area contributed by atoms with Gasteiger partial charge in [0.1, 0.15) is 0 Å². The summed E-state index contributed by atoms with van der Waals surface area (Å²) in [6.07, 6.45) is 2.55. The zero-order valence-electron chi connectivity index (χ0n) is 11.4. The van der Waals surface area contributed by atoms with Gasteiger partial charge in [0.25, 0.3) is 0 Å². The monoisotopic (exact) mass is 229 g/mol. The van der Waals surface area contributed by atoms with Gasteiger partial charge in [-0.15, -0.1) is 0 Å². The summed E-state index contributed by atoms with van der Waals surface area (Å²) in [4.78, 5) is 0. The van der Waals surface area contributed by atoms with E-state index >= 15 is 0 Å². The molecule has 3 heteroatoms. The number of hydrogen-bond donors (Lipinski definition) is 1. The first-order valence-corrected chi connectivity index (χ1v) is 6.25. The maximum absolute atomic E-state index is 5.74. The highest BCUT2D eigenvalue weighted by atomic mass is 16.5. The minimum Gasteiger partial charge on any atom is -0.385 e. The summed E-state index contributed by atoms with van der Waals surface area (Å²) >= 11 is 0. The molecule has 1 aliphatic rings. The molecular weight excluding hydrogens is 202 g/mol. The second kappa shape index (κ2) is 5.48. The van der Waals surface area contributed by atoms with Crippen molar-refractivity contribution in [1.29, 1.82) is 0 Å². The summed E-state index contributed by atoms with van der Waals surface area (Å²) in [5.41, 5.74) is 0.422. The van der Waals surface area contributed by atoms with Crippen LogP contribution in [-0.4, -0.2) is 38.5 Å². The third kappa shape index (κ3) is 3.72. The zero-order valence-corrected chi connectivity index (χ0v) is 11.4. The van der Waals surface area contributed by atoms with Crippen molar-refractivity contribution in [1.82, 2.24) is 5.32 Å². The fourth-order valence-corrected chi connectivity index (χ4v) is 2.21. The molecule has 0 bridgehead atoms. The summed E-state index contributed by atoms with van der Waals surface area (Å²) in [6, 6.07) is 0. The largest absolute Gasteiger partial charge is 0.385 e. The number of nitrogens with one attached hydrogen (secondary N) is 1. The Kier molecular flexibility index (Phi) is 4.77. The van der Waals surface area contributed by atoms with Crippen molar-refractivity contribution >= 4 is 0 Å². The van der Waals surface area contributed by atoms with Crippen LogP contribution in [0.1, 0.15) is 40.5 Å². The van der Waals surface area contributed by atoms with E-state index in [1.54, 1.807) is 7.11 Å². The molecule has 1 aliphatic heterocycles. The molecule has 0 aromatic carbocycles. The van der Waals surface area contributed by atoms with Crippen molar-refractivity contribution < 1.29 is 9.47 Å². The first-order chi connectivity index (χ1) is 7.40. The molecule has 3 nitrogen and oxygen atoms in total. The van der Waals surface area contributed by atoms with Gasteiger partial charge in [-0.25, -0.2) is 0 Å². The minimum absolute atomic E-state index is 0.169. The van der Waals surface area contributed by atoms with Gasteiger partial charge in [-0.3, -0.25) is 0 Å². The summed E-state index contributed by atoms with van der Waals surface area (Å²) in [6.45, 7) is 11.5. The van der Waals surface area contributed by atoms with Crippen LogP contribution < -0.4 is 5.32 Å². The fourth-order valence-electron chi connectivity index (χ4n) is 2.21. The van der Waals surface area contributed by atoms with Crippen molar-refractivity contribution in [2.24, 2.45) is 5.41 Å². The Bertz CT molecular complexity index is 212. The molecule has 2 atom stereocenters. The second-order valence-electron chi connectivity index (χ2n) is 5.97. The third-order valence-corrected chi connectivity index (χ3v) is 3.61. The van der Waals surface area contributed by atoms with Crippen LogP contribution >= 0.6 is 0 Å². The van der Waals surface area contributed by atoms with E-state index in [2.05, 4.69) is 33.0 Å². The van der Waals surface area contributed by atoms with E-state index in [9.17, 15) is 0 Å². The minimum atomic E-state index is 0.169. The van der Waals surface area contributed by atoms with Gasteiger partial charge in [0.05, 0.1) is 6.10 Å². The molecule has 2 unspecified atom stereocenters. The van der Waals surface area contributed by atoms with Crippen molar-refractivity contribution in [3.05, 3.63) is 0 Å². The molecule has 0 spiro atoms. The topological polar surface area (TPSA) is 30.5 Å². The van der Waals surface area contributed by atoms with E-state index in [1.165, 1.54) is 0 Å². The van der Waals surface area contributed by atoms with E-state index in [0.29, 0.717) is 6.10 Å². The van der Waals surface area contributed by atoms with Crippen molar-refractivity contribution in [2.75, 3.05) is 26.9 Å². The van der Waals surface area contributed by atoms with Crippen LogP contribution in [0.15, 0.2) is 0 Å². The van der Waals surface area contributed by atoms with Gasteiger partial charge in [-0.1, -0.05) is 0 Å². The lowest BCUT2D eigenvalue weighted by atomic mass is 9.78. The number of ether oxygens (including phenoxy) is 2. The highest BCUT2D eigenvalue weighted by Gasteiger charge is 2.41. The third-order valence-electron chi connectivity index (χ3n) is 3.61. The Balaban J connectivity index is 2.57. The van der Waals surface area contributed by atoms with Gasteiger partial charge in [0, 0.05) is 37.8 Å². The first-order valence-electron chi connectivity index (χ1n) is 6.25. The summed E-state index contributed by atoms with van der Waals surface area (Å²) in [7, 11) is 1.77. The van der Waals surface area contributed by atoms with Gasteiger partial charge in [-0.05, 0) is 40.5 Å². The van der Waals surface area contributed by atoms with E-state index in [4.69, 9.17) is 9.47 Å². The molecule has 0 aliphatic carbocycles. The zero-order chi connectivity index (χ0) is 12.2. The molecule has 1 heterocycles. The molecule has 1 fully saturated rings. The molecule has 1 saturated heterocycles. The van der Waals surface area contributed by atoms with Crippen LogP contribution in [0.4, 0.5) is 0 Å². The number of rotatable bonds is 5. The van der Waals surface area contributed by atoms with E-state index in [-0.39, 0.29) is 11.0 Å². The summed E-state index contributed by atoms with van der Waals surface area (Å²) in [5, 5.41) is 3.61. The molecule has 0 radical (unpaired) electrons. The standard InChI is InChI=1S/C13H27NO2/c1-11-13(6-8-15-5,7-9-16-11)10-14-12(2,3)4/h11,14H,6-10H2,1-5H3. The summed E-state index contributed by atoms with van der Waals surface area (Å²) < 4.78 is 11.0. The predicted molar refractivity (Wildman–Crippen MR) is 66.7 cm³/mol. The Morgan fingerprint density at radius 2 is 2.12 bits per heavy atom. The van der Waals surface area contributed by atoms with Crippen LogP contribution in [0.2, 0.25) is 0 Å². The van der Waals surface area contributed by atoms with Crippen LogP contribution in [0, 0.1) is 5.41 Å². The van der Waals surface area contributed by atoms with E-state index in [1.807, 2.05) is 0 Å². The molecular formula is C13H27NO2. The van der Waals surface area contributed by atoms with Crippen molar-refractivity contribution in [2.45, 2.75) is 52.2 Å². The second-order valence-corrected chi connectivity index (χ2v) is 5.97. The lowest BCUT2D eigenvalue weighted by Gasteiger charge is -2.35. The smallest absolute Gasteiger partial charge is 0.0617 e. The van der Waals surface area contributed by atoms with E-state index in [0.717, 1.165) is 32.6 Å². The molecule has 0 aromatic rings. The van der Waals surface area contributed by atoms with Crippen LogP contribution in [0.25, 0.3) is 0 Å². The highest BCUT2D eigenvalue weighted by Crippen LogP contribution is 2.38. The molecule has 1 N–H and O–H groups in total. The fraction of sp³-hybridized carbons (Fsp3) is 1.00. The maximum atomic E-state index is 5.74. The molecule has 0 saturated carbocycles. The van der Waals surface area contributed by atoms with Gasteiger partial charge >= 0.3 is 0 Å². The lowest BCUT2D eigenvalue weighted by molar-refractivity contribution is 0.0387. The summed E-state index contributed by atoms with van der Waals surface area (Å²) in [5.74, 6) is 0. The van der Waals surface area contributed by atoms with E-state index < -0.39 is 0 Å². The number of hydrogen-bond acceptors (Lipinski definition) is 3.